The van der Waals surface area contributed by atoms with Gasteiger partial charge in [0, 0.05) is 30.2 Å². The number of nitrogens with one attached hydrogen (secondary N) is 1. The number of pyridine rings is 1. The summed E-state index contributed by atoms with van der Waals surface area (Å²) in [5, 5.41) is 14.1. The topological polar surface area (TPSA) is 55.6 Å². The van der Waals surface area contributed by atoms with Crippen molar-refractivity contribution in [2.75, 3.05) is 11.9 Å². The number of anilines is 1. The van der Waals surface area contributed by atoms with E-state index in [1.807, 2.05) is 35.3 Å². The highest BCUT2D eigenvalue weighted by molar-refractivity contribution is 6.42. The van der Waals surface area contributed by atoms with Crippen molar-refractivity contribution in [2.24, 2.45) is 0 Å². The molecule has 1 N–H and O–H groups in total. The quantitative estimate of drug-likeness (QED) is 0.396. The highest BCUT2D eigenvalue weighted by atomic mass is 35.5. The molecular weight excluding hydrogens is 393 g/mol. The predicted octanol–water partition coefficient (Wildman–Crippen LogP) is 5.69. The Balaban J connectivity index is 1.29. The van der Waals surface area contributed by atoms with Crippen LogP contribution in [0.15, 0.2) is 60.9 Å². The molecule has 0 bridgehead atoms. The van der Waals surface area contributed by atoms with Gasteiger partial charge < -0.3 is 5.32 Å². The second kappa shape index (κ2) is 8.59. The fraction of sp³-hybridized carbons (Fsp3) is 0.190. The van der Waals surface area contributed by atoms with Crippen molar-refractivity contribution >= 4 is 39.8 Å². The minimum absolute atomic E-state index is 0.516. The number of rotatable bonds is 7. The van der Waals surface area contributed by atoms with Crippen molar-refractivity contribution in [1.29, 1.82) is 0 Å². The molecule has 7 heteroatoms. The number of hydrogen-bond donors (Lipinski definition) is 1. The van der Waals surface area contributed by atoms with Gasteiger partial charge in [0.1, 0.15) is 5.69 Å². The van der Waals surface area contributed by atoms with Crippen LogP contribution in [0.4, 0.5) is 5.69 Å². The Kier molecular flexibility index (Phi) is 5.74. The highest BCUT2D eigenvalue weighted by Crippen LogP contribution is 2.27. The van der Waals surface area contributed by atoms with Gasteiger partial charge in [-0.3, -0.25) is 9.67 Å². The molecule has 0 radical (unpaired) electrons. The highest BCUT2D eigenvalue weighted by Gasteiger charge is 2.07. The Bertz CT molecular complexity index is 1090. The molecule has 0 aliphatic rings. The van der Waals surface area contributed by atoms with Gasteiger partial charge in [-0.25, -0.2) is 0 Å². The van der Waals surface area contributed by atoms with E-state index in [0.29, 0.717) is 10.0 Å². The van der Waals surface area contributed by atoms with Gasteiger partial charge in [0.15, 0.2) is 0 Å². The molecule has 142 valence electrons. The van der Waals surface area contributed by atoms with E-state index in [-0.39, 0.29) is 0 Å². The van der Waals surface area contributed by atoms with Crippen LogP contribution in [0.25, 0.3) is 22.2 Å². The first-order chi connectivity index (χ1) is 13.7. The zero-order valence-corrected chi connectivity index (χ0v) is 16.7. The Morgan fingerprint density at radius 3 is 2.75 bits per heavy atom. The van der Waals surface area contributed by atoms with Crippen molar-refractivity contribution in [3.8, 4) is 11.3 Å². The van der Waals surface area contributed by atoms with E-state index >= 15 is 0 Å². The molecule has 0 atom stereocenters. The number of hydrogen-bond acceptors (Lipinski definition) is 4. The van der Waals surface area contributed by atoms with Crippen molar-refractivity contribution < 1.29 is 0 Å². The molecule has 0 unspecified atom stereocenters. The standard InChI is InChI=1S/C21H19Cl2N5/c22-17-9-8-16(13-18(17)23)20-14-28(27-26-20)12-2-1-10-24-19-7-3-5-15-6-4-11-25-21(15)19/h3-9,11,13-14,24H,1-2,10,12H2. The Morgan fingerprint density at radius 2 is 1.86 bits per heavy atom. The van der Waals surface area contributed by atoms with E-state index in [9.17, 15) is 0 Å². The number of para-hydroxylation sites is 1. The van der Waals surface area contributed by atoms with Crippen LogP contribution in [0.5, 0.6) is 0 Å². The maximum absolute atomic E-state index is 6.08. The SMILES string of the molecule is Clc1ccc(-c2cn(CCCCNc3cccc4cccnc34)nn2)cc1Cl. The Morgan fingerprint density at radius 1 is 0.964 bits per heavy atom. The number of aryl methyl sites for hydroxylation is 1. The van der Waals surface area contributed by atoms with Gasteiger partial charge in [-0.2, -0.15) is 0 Å². The summed E-state index contributed by atoms with van der Waals surface area (Å²) in [4.78, 5) is 4.47. The van der Waals surface area contributed by atoms with E-state index in [2.05, 4.69) is 38.8 Å². The summed E-state index contributed by atoms with van der Waals surface area (Å²) in [6.07, 6.45) is 5.77. The van der Waals surface area contributed by atoms with Crippen LogP contribution in [-0.2, 0) is 6.54 Å². The lowest BCUT2D eigenvalue weighted by molar-refractivity contribution is 0.548. The normalized spacial score (nSPS) is 11.1. The van der Waals surface area contributed by atoms with Gasteiger partial charge in [-0.15, -0.1) is 5.10 Å². The summed E-state index contributed by atoms with van der Waals surface area (Å²) >= 11 is 12.0. The molecule has 28 heavy (non-hydrogen) atoms. The summed E-state index contributed by atoms with van der Waals surface area (Å²) in [6, 6.07) is 15.7. The van der Waals surface area contributed by atoms with Crippen LogP contribution >= 0.6 is 23.2 Å². The lowest BCUT2D eigenvalue weighted by Crippen LogP contribution is -2.05. The third-order valence-corrected chi connectivity index (χ3v) is 5.26. The number of fused-ring (bicyclic) bond motifs is 1. The molecule has 0 amide bonds. The summed E-state index contributed by atoms with van der Waals surface area (Å²) in [5.41, 5.74) is 3.78. The molecule has 2 heterocycles. The minimum atomic E-state index is 0.516. The number of benzene rings is 2. The van der Waals surface area contributed by atoms with Gasteiger partial charge in [0.2, 0.25) is 0 Å². The van der Waals surface area contributed by atoms with Crippen LogP contribution in [0, 0.1) is 0 Å². The van der Waals surface area contributed by atoms with Crippen LogP contribution in [-0.4, -0.2) is 26.5 Å². The average Bonchev–Trinajstić information content (AvgIpc) is 3.19. The largest absolute Gasteiger partial charge is 0.383 e. The van der Waals surface area contributed by atoms with Gasteiger partial charge in [0.05, 0.1) is 27.4 Å². The number of unbranched alkanes of at least 4 members (excludes halogenated alkanes) is 1. The van der Waals surface area contributed by atoms with Crippen molar-refractivity contribution in [2.45, 2.75) is 19.4 Å². The molecule has 4 rings (SSSR count). The number of aromatic nitrogens is 4. The molecule has 2 aromatic carbocycles. The molecule has 4 aromatic rings. The number of halogens is 2. The third-order valence-electron chi connectivity index (χ3n) is 4.52. The smallest absolute Gasteiger partial charge is 0.113 e. The fourth-order valence-electron chi connectivity index (χ4n) is 3.06. The van der Waals surface area contributed by atoms with Crippen LogP contribution in [0.3, 0.4) is 0 Å². The zero-order chi connectivity index (χ0) is 19.3. The molecule has 0 spiro atoms. The second-order valence-electron chi connectivity index (χ2n) is 6.51. The monoisotopic (exact) mass is 411 g/mol. The van der Waals surface area contributed by atoms with Gasteiger partial charge in [0.25, 0.3) is 0 Å². The third kappa shape index (κ3) is 4.26. The lowest BCUT2D eigenvalue weighted by Gasteiger charge is -2.08. The van der Waals surface area contributed by atoms with Crippen LogP contribution in [0.2, 0.25) is 10.0 Å². The zero-order valence-electron chi connectivity index (χ0n) is 15.1. The predicted molar refractivity (Wildman–Crippen MR) is 115 cm³/mol. The molecule has 0 aliphatic carbocycles. The van der Waals surface area contributed by atoms with E-state index in [0.717, 1.165) is 53.8 Å². The molecular formula is C21H19Cl2N5. The van der Waals surface area contributed by atoms with Gasteiger partial charge in [-0.05, 0) is 37.1 Å². The molecule has 0 saturated carbocycles. The molecule has 0 saturated heterocycles. The van der Waals surface area contributed by atoms with Crippen molar-refractivity contribution in [1.82, 2.24) is 20.0 Å². The fourth-order valence-corrected chi connectivity index (χ4v) is 3.36. The lowest BCUT2D eigenvalue weighted by atomic mass is 10.2. The summed E-state index contributed by atoms with van der Waals surface area (Å²) < 4.78 is 1.86. The maximum Gasteiger partial charge on any atom is 0.113 e. The van der Waals surface area contributed by atoms with E-state index in [1.54, 1.807) is 12.1 Å². The molecule has 5 nitrogen and oxygen atoms in total. The first kappa shape index (κ1) is 18.7. The molecule has 0 aliphatic heterocycles. The van der Waals surface area contributed by atoms with Gasteiger partial charge >= 0.3 is 0 Å². The van der Waals surface area contributed by atoms with E-state index in [4.69, 9.17) is 23.2 Å². The average molecular weight is 412 g/mol. The number of nitrogens with zero attached hydrogens (tertiary/aromatic N) is 4. The maximum atomic E-state index is 6.08. The minimum Gasteiger partial charge on any atom is -0.383 e. The Hall–Kier alpha value is -2.63. The summed E-state index contributed by atoms with van der Waals surface area (Å²) in [6.45, 7) is 1.69. The second-order valence-corrected chi connectivity index (χ2v) is 7.32. The van der Waals surface area contributed by atoms with Crippen molar-refractivity contribution in [3.05, 3.63) is 71.0 Å². The molecule has 2 aromatic heterocycles. The summed E-state index contributed by atoms with van der Waals surface area (Å²) in [5.74, 6) is 0. The van der Waals surface area contributed by atoms with Crippen LogP contribution < -0.4 is 5.32 Å². The van der Waals surface area contributed by atoms with E-state index in [1.165, 1.54) is 0 Å². The van der Waals surface area contributed by atoms with Gasteiger partial charge in [-0.1, -0.05) is 52.7 Å². The van der Waals surface area contributed by atoms with Crippen LogP contribution in [0.1, 0.15) is 12.8 Å². The molecule has 0 fully saturated rings. The summed E-state index contributed by atoms with van der Waals surface area (Å²) in [7, 11) is 0. The first-order valence-corrected chi connectivity index (χ1v) is 9.89. The van der Waals surface area contributed by atoms with Crippen molar-refractivity contribution in [3.63, 3.8) is 0 Å². The first-order valence-electron chi connectivity index (χ1n) is 9.14. The van der Waals surface area contributed by atoms with E-state index < -0.39 is 0 Å². The Labute approximate surface area is 173 Å².